The molecule has 0 saturated heterocycles. The number of benzene rings is 2. The van der Waals surface area contributed by atoms with Gasteiger partial charge in [0.25, 0.3) is 5.91 Å². The molecule has 8 heteroatoms. The molecular weight excluding hydrogens is 348 g/mol. The second-order valence-electron chi connectivity index (χ2n) is 5.67. The molecule has 0 spiro atoms. The highest BCUT2D eigenvalue weighted by Gasteiger charge is 2.14. The van der Waals surface area contributed by atoms with Crippen molar-refractivity contribution in [3.8, 4) is 17.2 Å². The highest BCUT2D eigenvalue weighted by molar-refractivity contribution is 6.02. The van der Waals surface area contributed by atoms with Gasteiger partial charge in [0.05, 0.1) is 19.5 Å². The number of carbonyl (C=O) groups excluding carboxylic acids is 1. The zero-order valence-electron chi connectivity index (χ0n) is 14.4. The number of rotatable bonds is 5. The molecule has 1 amide bonds. The minimum atomic E-state index is -0.356. The van der Waals surface area contributed by atoms with Gasteiger partial charge < -0.3 is 24.8 Å². The van der Waals surface area contributed by atoms with Crippen LogP contribution in [0, 0.1) is 0 Å². The highest BCUT2D eigenvalue weighted by Crippen LogP contribution is 2.34. The van der Waals surface area contributed by atoms with E-state index < -0.39 is 0 Å². The van der Waals surface area contributed by atoms with Crippen molar-refractivity contribution in [2.75, 3.05) is 24.5 Å². The maximum Gasteiger partial charge on any atom is 0.275 e. The van der Waals surface area contributed by atoms with Gasteiger partial charge in [-0.2, -0.15) is 0 Å². The van der Waals surface area contributed by atoms with Crippen molar-refractivity contribution in [2.24, 2.45) is 0 Å². The zero-order valence-corrected chi connectivity index (χ0v) is 14.4. The summed E-state index contributed by atoms with van der Waals surface area (Å²) in [6.45, 7) is 0.218. The number of aromatic nitrogens is 2. The molecule has 27 heavy (non-hydrogen) atoms. The molecule has 136 valence electrons. The SMILES string of the molecule is COc1cccc(NC(=O)c2cnc(Nc3ccc4c(c3)OCO4)cn2)c1. The molecule has 1 aliphatic rings. The number of amides is 1. The Morgan fingerprint density at radius 3 is 2.74 bits per heavy atom. The van der Waals surface area contributed by atoms with Gasteiger partial charge in [-0.15, -0.1) is 0 Å². The molecule has 0 saturated carbocycles. The summed E-state index contributed by atoms with van der Waals surface area (Å²) in [5.74, 6) is 2.18. The highest BCUT2D eigenvalue weighted by atomic mass is 16.7. The molecular formula is C19H16N4O4. The van der Waals surface area contributed by atoms with Crippen molar-refractivity contribution in [3.05, 3.63) is 60.6 Å². The van der Waals surface area contributed by atoms with Crippen molar-refractivity contribution >= 4 is 23.1 Å². The normalized spacial score (nSPS) is 11.7. The fourth-order valence-corrected chi connectivity index (χ4v) is 2.53. The van der Waals surface area contributed by atoms with Gasteiger partial charge in [0, 0.05) is 23.5 Å². The number of nitrogens with one attached hydrogen (secondary N) is 2. The monoisotopic (exact) mass is 364 g/mol. The van der Waals surface area contributed by atoms with Crippen LogP contribution in [0.15, 0.2) is 54.9 Å². The molecule has 2 heterocycles. The molecule has 3 aromatic rings. The van der Waals surface area contributed by atoms with E-state index in [1.54, 1.807) is 31.4 Å². The van der Waals surface area contributed by atoms with E-state index in [1.807, 2.05) is 18.2 Å². The van der Waals surface area contributed by atoms with Crippen LogP contribution >= 0.6 is 0 Å². The Labute approximate surface area is 155 Å². The Hall–Kier alpha value is -3.81. The van der Waals surface area contributed by atoms with Crippen molar-refractivity contribution < 1.29 is 19.0 Å². The van der Waals surface area contributed by atoms with Crippen LogP contribution in [0.4, 0.5) is 17.2 Å². The molecule has 1 aromatic heterocycles. The first kappa shape index (κ1) is 16.6. The minimum absolute atomic E-state index is 0.203. The molecule has 4 rings (SSSR count). The van der Waals surface area contributed by atoms with Crippen LogP contribution in [0.25, 0.3) is 0 Å². The second-order valence-corrected chi connectivity index (χ2v) is 5.67. The largest absolute Gasteiger partial charge is 0.497 e. The van der Waals surface area contributed by atoms with Crippen molar-refractivity contribution in [1.82, 2.24) is 9.97 Å². The number of fused-ring (bicyclic) bond motifs is 1. The maximum absolute atomic E-state index is 12.3. The Morgan fingerprint density at radius 2 is 1.93 bits per heavy atom. The fourth-order valence-electron chi connectivity index (χ4n) is 2.53. The topological polar surface area (TPSA) is 94.6 Å². The van der Waals surface area contributed by atoms with E-state index in [-0.39, 0.29) is 18.4 Å². The molecule has 1 aliphatic heterocycles. The number of nitrogens with zero attached hydrogens (tertiary/aromatic N) is 2. The Balaban J connectivity index is 1.43. The lowest BCUT2D eigenvalue weighted by Crippen LogP contribution is -2.14. The third-order valence-electron chi connectivity index (χ3n) is 3.86. The summed E-state index contributed by atoms with van der Waals surface area (Å²) in [6.07, 6.45) is 2.90. The Bertz CT molecular complexity index is 976. The van der Waals surface area contributed by atoms with Crippen LogP contribution < -0.4 is 24.8 Å². The summed E-state index contributed by atoms with van der Waals surface area (Å²) in [4.78, 5) is 20.7. The standard InChI is InChI=1S/C19H16N4O4/c1-25-14-4-2-3-12(7-14)23-19(24)15-9-21-18(10-20-15)22-13-5-6-16-17(8-13)27-11-26-16/h2-10H,11H2,1H3,(H,21,22)(H,23,24). The number of hydrogen-bond donors (Lipinski definition) is 2. The third-order valence-corrected chi connectivity index (χ3v) is 3.86. The van der Waals surface area contributed by atoms with Gasteiger partial charge in [0.1, 0.15) is 17.3 Å². The molecule has 0 atom stereocenters. The number of hydrogen-bond acceptors (Lipinski definition) is 7. The van der Waals surface area contributed by atoms with E-state index in [1.165, 1.54) is 12.4 Å². The van der Waals surface area contributed by atoms with Crippen LogP contribution in [0.5, 0.6) is 17.2 Å². The first-order valence-corrected chi connectivity index (χ1v) is 8.15. The van der Waals surface area contributed by atoms with E-state index in [4.69, 9.17) is 14.2 Å². The van der Waals surface area contributed by atoms with E-state index in [2.05, 4.69) is 20.6 Å². The number of carbonyl (C=O) groups is 1. The van der Waals surface area contributed by atoms with E-state index in [9.17, 15) is 4.79 Å². The number of methoxy groups -OCH3 is 1. The lowest BCUT2D eigenvalue weighted by atomic mass is 10.3. The van der Waals surface area contributed by atoms with Crippen molar-refractivity contribution in [1.29, 1.82) is 0 Å². The summed E-state index contributed by atoms with van der Waals surface area (Å²) in [5, 5.41) is 5.87. The van der Waals surface area contributed by atoms with Gasteiger partial charge in [-0.3, -0.25) is 4.79 Å². The minimum Gasteiger partial charge on any atom is -0.497 e. The predicted octanol–water partition coefficient (Wildman–Crippen LogP) is 3.21. The average Bonchev–Trinajstić information content (AvgIpc) is 3.16. The van der Waals surface area contributed by atoms with Crippen LogP contribution in [-0.4, -0.2) is 29.8 Å². The molecule has 2 N–H and O–H groups in total. The second kappa shape index (κ2) is 7.20. The van der Waals surface area contributed by atoms with Gasteiger partial charge in [-0.05, 0) is 24.3 Å². The predicted molar refractivity (Wildman–Crippen MR) is 98.8 cm³/mol. The van der Waals surface area contributed by atoms with Gasteiger partial charge >= 0.3 is 0 Å². The molecule has 2 aromatic carbocycles. The lowest BCUT2D eigenvalue weighted by Gasteiger charge is -2.08. The van der Waals surface area contributed by atoms with E-state index in [0.717, 1.165) is 5.69 Å². The van der Waals surface area contributed by atoms with Crippen molar-refractivity contribution in [2.45, 2.75) is 0 Å². The first-order chi connectivity index (χ1) is 13.2. The quantitative estimate of drug-likeness (QED) is 0.718. The number of ether oxygens (including phenoxy) is 3. The maximum atomic E-state index is 12.3. The van der Waals surface area contributed by atoms with Crippen LogP contribution in [0.3, 0.4) is 0 Å². The average molecular weight is 364 g/mol. The Morgan fingerprint density at radius 1 is 1.04 bits per heavy atom. The number of anilines is 3. The first-order valence-electron chi connectivity index (χ1n) is 8.15. The summed E-state index contributed by atoms with van der Waals surface area (Å²) < 4.78 is 15.8. The van der Waals surface area contributed by atoms with E-state index in [0.29, 0.717) is 28.8 Å². The van der Waals surface area contributed by atoms with Gasteiger partial charge in [-0.1, -0.05) is 6.07 Å². The molecule has 0 bridgehead atoms. The van der Waals surface area contributed by atoms with Gasteiger partial charge in [0.2, 0.25) is 6.79 Å². The fraction of sp³-hybridized carbons (Fsp3) is 0.105. The van der Waals surface area contributed by atoms with Gasteiger partial charge in [0.15, 0.2) is 11.5 Å². The van der Waals surface area contributed by atoms with E-state index >= 15 is 0 Å². The van der Waals surface area contributed by atoms with Crippen LogP contribution in [-0.2, 0) is 0 Å². The summed E-state index contributed by atoms with van der Waals surface area (Å²) in [5.41, 5.74) is 1.60. The summed E-state index contributed by atoms with van der Waals surface area (Å²) >= 11 is 0. The summed E-state index contributed by atoms with van der Waals surface area (Å²) in [6, 6.07) is 12.6. The molecule has 8 nitrogen and oxygen atoms in total. The zero-order chi connectivity index (χ0) is 18.6. The molecule has 0 unspecified atom stereocenters. The summed E-state index contributed by atoms with van der Waals surface area (Å²) in [7, 11) is 1.57. The molecule has 0 aliphatic carbocycles. The van der Waals surface area contributed by atoms with Crippen LogP contribution in [0.2, 0.25) is 0 Å². The smallest absolute Gasteiger partial charge is 0.275 e. The molecule has 0 radical (unpaired) electrons. The van der Waals surface area contributed by atoms with Crippen molar-refractivity contribution in [3.63, 3.8) is 0 Å². The molecule has 0 fully saturated rings. The third kappa shape index (κ3) is 3.74. The Kier molecular flexibility index (Phi) is 4.44. The lowest BCUT2D eigenvalue weighted by molar-refractivity contribution is 0.102. The van der Waals surface area contributed by atoms with Crippen LogP contribution in [0.1, 0.15) is 10.5 Å². The van der Waals surface area contributed by atoms with Gasteiger partial charge in [-0.25, -0.2) is 9.97 Å².